The molecule has 1 atom stereocenters. The van der Waals surface area contributed by atoms with Gasteiger partial charge in [0.25, 0.3) is 0 Å². The number of furan rings is 1. The maximum absolute atomic E-state index is 5.18. The Labute approximate surface area is 108 Å². The van der Waals surface area contributed by atoms with Crippen LogP contribution < -0.4 is 5.32 Å². The van der Waals surface area contributed by atoms with E-state index < -0.39 is 0 Å². The molecule has 2 aromatic rings. The zero-order valence-electron chi connectivity index (χ0n) is 10.8. The van der Waals surface area contributed by atoms with E-state index in [2.05, 4.69) is 29.4 Å². The van der Waals surface area contributed by atoms with Crippen molar-refractivity contribution < 1.29 is 4.42 Å². The van der Waals surface area contributed by atoms with E-state index in [-0.39, 0.29) is 0 Å². The Morgan fingerprint density at radius 2 is 2.11 bits per heavy atom. The van der Waals surface area contributed by atoms with Crippen LogP contribution in [0.5, 0.6) is 0 Å². The van der Waals surface area contributed by atoms with Gasteiger partial charge in [-0.25, -0.2) is 0 Å². The monoisotopic (exact) mass is 244 g/mol. The summed E-state index contributed by atoms with van der Waals surface area (Å²) in [6, 6.07) is 6.56. The largest absolute Gasteiger partial charge is 0.472 e. The van der Waals surface area contributed by atoms with Gasteiger partial charge in [0.05, 0.1) is 12.5 Å². The zero-order chi connectivity index (χ0) is 12.6. The molecule has 1 unspecified atom stereocenters. The number of aryl methyl sites for hydroxylation is 1. The van der Waals surface area contributed by atoms with E-state index in [0.717, 1.165) is 25.8 Å². The summed E-state index contributed by atoms with van der Waals surface area (Å²) in [5.74, 6) is 0. The van der Waals surface area contributed by atoms with E-state index in [1.54, 1.807) is 6.26 Å². The van der Waals surface area contributed by atoms with Crippen molar-refractivity contribution in [3.05, 3.63) is 54.2 Å². The van der Waals surface area contributed by atoms with Crippen molar-refractivity contribution in [2.24, 2.45) is 0 Å². The summed E-state index contributed by atoms with van der Waals surface area (Å²) < 4.78 is 5.18. The molecule has 3 heteroatoms. The third-order valence-corrected chi connectivity index (χ3v) is 3.06. The van der Waals surface area contributed by atoms with Crippen LogP contribution in [0.25, 0.3) is 0 Å². The standard InChI is InChI=1S/C15H20N2O/c1-2-8-17-15(14-7-11-18-12-14)4-3-13-5-9-16-10-6-13/h5-7,9-12,15,17H,2-4,8H2,1H3. The van der Waals surface area contributed by atoms with Crippen molar-refractivity contribution >= 4 is 0 Å². The second kappa shape index (κ2) is 6.97. The molecule has 0 fully saturated rings. The highest BCUT2D eigenvalue weighted by molar-refractivity contribution is 5.14. The first kappa shape index (κ1) is 12.8. The molecule has 0 radical (unpaired) electrons. The highest BCUT2D eigenvalue weighted by Crippen LogP contribution is 2.19. The van der Waals surface area contributed by atoms with E-state index in [9.17, 15) is 0 Å². The van der Waals surface area contributed by atoms with E-state index >= 15 is 0 Å². The Balaban J connectivity index is 1.93. The maximum atomic E-state index is 5.18. The molecule has 0 aliphatic heterocycles. The minimum Gasteiger partial charge on any atom is -0.472 e. The minimum atomic E-state index is 0.372. The highest BCUT2D eigenvalue weighted by Gasteiger charge is 2.11. The molecule has 0 bridgehead atoms. The SMILES string of the molecule is CCCNC(CCc1ccncc1)c1ccoc1. The first-order valence-electron chi connectivity index (χ1n) is 6.54. The second-order valence-corrected chi connectivity index (χ2v) is 4.46. The smallest absolute Gasteiger partial charge is 0.0950 e. The first-order chi connectivity index (χ1) is 8.90. The number of aromatic nitrogens is 1. The molecule has 0 spiro atoms. The van der Waals surface area contributed by atoms with Crippen LogP contribution in [0.15, 0.2) is 47.5 Å². The minimum absolute atomic E-state index is 0.372. The van der Waals surface area contributed by atoms with E-state index in [4.69, 9.17) is 4.42 Å². The lowest BCUT2D eigenvalue weighted by atomic mass is 10.0. The van der Waals surface area contributed by atoms with Gasteiger partial charge in [-0.2, -0.15) is 0 Å². The normalized spacial score (nSPS) is 12.5. The lowest BCUT2D eigenvalue weighted by Gasteiger charge is -2.16. The molecular weight excluding hydrogens is 224 g/mol. The molecule has 0 saturated heterocycles. The predicted molar refractivity (Wildman–Crippen MR) is 72.3 cm³/mol. The topological polar surface area (TPSA) is 38.1 Å². The predicted octanol–water partition coefficient (Wildman–Crippen LogP) is 3.35. The third kappa shape index (κ3) is 3.70. The van der Waals surface area contributed by atoms with Crippen molar-refractivity contribution in [1.82, 2.24) is 10.3 Å². The van der Waals surface area contributed by atoms with Gasteiger partial charge >= 0.3 is 0 Å². The average Bonchev–Trinajstić information content (AvgIpc) is 2.94. The number of nitrogens with zero attached hydrogens (tertiary/aromatic N) is 1. The van der Waals surface area contributed by atoms with Gasteiger partial charge < -0.3 is 9.73 Å². The number of nitrogens with one attached hydrogen (secondary N) is 1. The van der Waals surface area contributed by atoms with Crippen molar-refractivity contribution in [1.29, 1.82) is 0 Å². The summed E-state index contributed by atoms with van der Waals surface area (Å²) in [4.78, 5) is 4.04. The van der Waals surface area contributed by atoms with Crippen molar-refractivity contribution in [2.45, 2.75) is 32.2 Å². The molecule has 2 heterocycles. The fourth-order valence-corrected chi connectivity index (χ4v) is 2.04. The number of hydrogen-bond acceptors (Lipinski definition) is 3. The maximum Gasteiger partial charge on any atom is 0.0950 e. The lowest BCUT2D eigenvalue weighted by molar-refractivity contribution is 0.488. The molecule has 3 nitrogen and oxygen atoms in total. The van der Waals surface area contributed by atoms with Gasteiger partial charge in [-0.15, -0.1) is 0 Å². The van der Waals surface area contributed by atoms with Gasteiger partial charge in [-0.3, -0.25) is 4.98 Å². The van der Waals surface area contributed by atoms with Crippen LogP contribution in [0.4, 0.5) is 0 Å². The summed E-state index contributed by atoms with van der Waals surface area (Å²) >= 11 is 0. The van der Waals surface area contributed by atoms with Crippen LogP contribution in [0, 0.1) is 0 Å². The average molecular weight is 244 g/mol. The summed E-state index contributed by atoms with van der Waals surface area (Å²) in [6.07, 6.45) is 10.5. The van der Waals surface area contributed by atoms with Crippen LogP contribution in [-0.4, -0.2) is 11.5 Å². The Bertz CT molecular complexity index is 425. The molecule has 2 aromatic heterocycles. The van der Waals surface area contributed by atoms with E-state index in [1.807, 2.05) is 24.7 Å². The zero-order valence-corrected chi connectivity index (χ0v) is 10.8. The molecule has 18 heavy (non-hydrogen) atoms. The van der Waals surface area contributed by atoms with Crippen molar-refractivity contribution in [3.63, 3.8) is 0 Å². The van der Waals surface area contributed by atoms with E-state index in [1.165, 1.54) is 11.1 Å². The van der Waals surface area contributed by atoms with Gasteiger partial charge in [-0.1, -0.05) is 6.92 Å². The molecular formula is C15H20N2O. The molecule has 0 aliphatic rings. The molecule has 96 valence electrons. The summed E-state index contributed by atoms with van der Waals surface area (Å²) in [6.45, 7) is 3.22. The third-order valence-electron chi connectivity index (χ3n) is 3.06. The van der Waals surface area contributed by atoms with Gasteiger partial charge in [-0.05, 0) is 49.6 Å². The summed E-state index contributed by atoms with van der Waals surface area (Å²) in [7, 11) is 0. The van der Waals surface area contributed by atoms with E-state index in [0.29, 0.717) is 6.04 Å². The number of hydrogen-bond donors (Lipinski definition) is 1. The van der Waals surface area contributed by atoms with Crippen LogP contribution in [0.2, 0.25) is 0 Å². The molecule has 0 saturated carbocycles. The first-order valence-corrected chi connectivity index (χ1v) is 6.54. The Morgan fingerprint density at radius 3 is 2.78 bits per heavy atom. The fourth-order valence-electron chi connectivity index (χ4n) is 2.04. The Hall–Kier alpha value is -1.61. The van der Waals surface area contributed by atoms with Gasteiger partial charge in [0, 0.05) is 24.0 Å². The Morgan fingerprint density at radius 1 is 1.28 bits per heavy atom. The summed E-state index contributed by atoms with van der Waals surface area (Å²) in [5, 5.41) is 3.57. The fraction of sp³-hybridized carbons (Fsp3) is 0.400. The molecule has 0 amide bonds. The second-order valence-electron chi connectivity index (χ2n) is 4.46. The molecule has 0 aliphatic carbocycles. The van der Waals surface area contributed by atoms with Gasteiger partial charge in [0.15, 0.2) is 0 Å². The van der Waals surface area contributed by atoms with Crippen LogP contribution in [-0.2, 0) is 6.42 Å². The highest BCUT2D eigenvalue weighted by atomic mass is 16.3. The van der Waals surface area contributed by atoms with Gasteiger partial charge in [0.2, 0.25) is 0 Å². The lowest BCUT2D eigenvalue weighted by Crippen LogP contribution is -2.22. The molecule has 0 aromatic carbocycles. The van der Waals surface area contributed by atoms with Crippen molar-refractivity contribution in [3.8, 4) is 0 Å². The van der Waals surface area contributed by atoms with Crippen molar-refractivity contribution in [2.75, 3.05) is 6.54 Å². The van der Waals surface area contributed by atoms with Gasteiger partial charge in [0.1, 0.15) is 0 Å². The quantitative estimate of drug-likeness (QED) is 0.811. The number of pyridine rings is 1. The molecule has 1 N–H and O–H groups in total. The van der Waals surface area contributed by atoms with Crippen LogP contribution in [0.3, 0.4) is 0 Å². The number of rotatable bonds is 7. The summed E-state index contributed by atoms with van der Waals surface area (Å²) in [5.41, 5.74) is 2.56. The molecule has 2 rings (SSSR count). The Kier molecular flexibility index (Phi) is 4.97. The van der Waals surface area contributed by atoms with Crippen LogP contribution >= 0.6 is 0 Å². The van der Waals surface area contributed by atoms with Crippen LogP contribution in [0.1, 0.15) is 36.9 Å².